The second-order valence-electron chi connectivity index (χ2n) is 9.06. The third-order valence-electron chi connectivity index (χ3n) is 6.70. The van der Waals surface area contributed by atoms with E-state index < -0.39 is 5.97 Å². The third kappa shape index (κ3) is 4.87. The van der Waals surface area contributed by atoms with Gasteiger partial charge in [-0.15, -0.1) is 0 Å². The minimum atomic E-state index is -0.820. The fourth-order valence-electron chi connectivity index (χ4n) is 4.78. The van der Waals surface area contributed by atoms with Crippen molar-refractivity contribution in [3.63, 3.8) is 0 Å². The smallest absolute Gasteiger partial charge is 0.303 e. The zero-order chi connectivity index (χ0) is 26.8. The van der Waals surface area contributed by atoms with Gasteiger partial charge in [-0.3, -0.25) is 9.59 Å². The maximum Gasteiger partial charge on any atom is 0.303 e. The Morgan fingerprint density at radius 2 is 1.84 bits per heavy atom. The van der Waals surface area contributed by atoms with Gasteiger partial charge in [0.2, 0.25) is 0 Å². The van der Waals surface area contributed by atoms with E-state index in [0.717, 1.165) is 27.6 Å². The van der Waals surface area contributed by atoms with Gasteiger partial charge in [0.1, 0.15) is 16.7 Å². The van der Waals surface area contributed by atoms with E-state index in [9.17, 15) is 9.59 Å². The van der Waals surface area contributed by atoms with Crippen LogP contribution in [0.15, 0.2) is 60.8 Å². The number of ether oxygens (including phenoxy) is 1. The summed E-state index contributed by atoms with van der Waals surface area (Å²) in [6, 6.07) is 17.0. The molecule has 9 heteroatoms. The van der Waals surface area contributed by atoms with Crippen molar-refractivity contribution in [2.45, 2.75) is 26.2 Å². The van der Waals surface area contributed by atoms with Gasteiger partial charge in [0, 0.05) is 38.0 Å². The molecule has 0 aliphatic carbocycles. The molecule has 1 amide bonds. The number of pyridine rings is 2. The van der Waals surface area contributed by atoms with Gasteiger partial charge >= 0.3 is 5.97 Å². The Morgan fingerprint density at radius 3 is 2.61 bits per heavy atom. The summed E-state index contributed by atoms with van der Waals surface area (Å²) >= 11 is 6.17. The van der Waals surface area contributed by atoms with Crippen LogP contribution in [0, 0.1) is 0 Å². The van der Waals surface area contributed by atoms with Crippen LogP contribution in [0.1, 0.15) is 34.8 Å². The first kappa shape index (κ1) is 25.5. The van der Waals surface area contributed by atoms with E-state index in [0.29, 0.717) is 54.0 Å². The fraction of sp³-hybridized carbons (Fsp3) is 0.241. The van der Waals surface area contributed by atoms with Gasteiger partial charge in [0.05, 0.1) is 17.9 Å². The molecule has 0 unspecified atom stereocenters. The number of benzene rings is 2. The number of carboxylic acid groups (broad SMARTS) is 1. The van der Waals surface area contributed by atoms with E-state index in [1.807, 2.05) is 54.3 Å². The van der Waals surface area contributed by atoms with E-state index in [4.69, 9.17) is 21.4 Å². The lowest BCUT2D eigenvalue weighted by Gasteiger charge is -2.23. The molecule has 8 nitrogen and oxygen atoms in total. The van der Waals surface area contributed by atoms with Crippen molar-refractivity contribution in [2.75, 3.05) is 30.0 Å². The number of carboxylic acids is 1. The van der Waals surface area contributed by atoms with Crippen molar-refractivity contribution >= 4 is 51.6 Å². The topological polar surface area (TPSA) is 95.9 Å². The molecule has 1 aliphatic heterocycles. The van der Waals surface area contributed by atoms with Crippen molar-refractivity contribution in [2.24, 2.45) is 0 Å². The van der Waals surface area contributed by atoms with Gasteiger partial charge in [0.25, 0.3) is 5.91 Å². The maximum absolute atomic E-state index is 13.4. The minimum Gasteiger partial charge on any atom is -0.493 e. The van der Waals surface area contributed by atoms with Crippen LogP contribution in [0.5, 0.6) is 5.75 Å². The largest absolute Gasteiger partial charge is 0.493 e. The number of aryl methyl sites for hydroxylation is 1. The Bertz CT molecular complexity index is 1540. The Morgan fingerprint density at radius 1 is 1.05 bits per heavy atom. The molecular weight excluding hydrogens is 504 g/mol. The summed E-state index contributed by atoms with van der Waals surface area (Å²) in [7, 11) is 1.72. The number of fused-ring (bicyclic) bond motifs is 3. The monoisotopic (exact) mass is 530 g/mol. The summed E-state index contributed by atoms with van der Waals surface area (Å²) in [6.45, 7) is 2.93. The molecule has 5 rings (SSSR count). The number of hydrogen-bond donors (Lipinski definition) is 1. The lowest BCUT2D eigenvalue weighted by Crippen LogP contribution is -2.25. The predicted octanol–water partition coefficient (Wildman–Crippen LogP) is 5.67. The van der Waals surface area contributed by atoms with Gasteiger partial charge in [-0.25, -0.2) is 9.97 Å². The van der Waals surface area contributed by atoms with Crippen molar-refractivity contribution in [1.29, 1.82) is 0 Å². The van der Waals surface area contributed by atoms with Crippen LogP contribution < -0.4 is 14.5 Å². The first-order valence-corrected chi connectivity index (χ1v) is 12.8. The highest BCUT2D eigenvalue weighted by atomic mass is 35.5. The molecule has 3 heterocycles. The molecule has 1 N–H and O–H groups in total. The van der Waals surface area contributed by atoms with Crippen LogP contribution in [0.2, 0.25) is 5.15 Å². The summed E-state index contributed by atoms with van der Waals surface area (Å²) in [5, 5.41) is 11.3. The average Bonchev–Trinajstić information content (AvgIpc) is 3.00. The van der Waals surface area contributed by atoms with Crippen molar-refractivity contribution in [3.05, 3.63) is 82.6 Å². The molecule has 2 aromatic heterocycles. The molecule has 0 fully saturated rings. The zero-order valence-electron chi connectivity index (χ0n) is 21.1. The molecule has 4 aromatic rings. The quantitative estimate of drug-likeness (QED) is 0.293. The molecule has 0 radical (unpaired) electrons. The predicted molar refractivity (Wildman–Crippen MR) is 148 cm³/mol. The maximum atomic E-state index is 13.4. The first-order chi connectivity index (χ1) is 18.4. The van der Waals surface area contributed by atoms with Crippen molar-refractivity contribution < 1.29 is 19.4 Å². The highest BCUT2D eigenvalue weighted by Crippen LogP contribution is 2.38. The molecule has 2 aromatic carbocycles. The van der Waals surface area contributed by atoms with Crippen LogP contribution >= 0.6 is 11.6 Å². The standard InChI is InChI=1S/C29H27ClN4O4/c1-3-34-27-22(29(37)33(2)23-10-12-25(30)32-28(23)34)16-18(17-31-27)14-15-38-24-11-8-19(9-13-26(35)36)20-6-4-5-7-21(20)24/h4-8,10-12,16-17H,3,9,13-15H2,1-2H3,(H,35,36). The molecule has 0 spiro atoms. The number of anilines is 3. The van der Waals surface area contributed by atoms with E-state index in [-0.39, 0.29) is 12.3 Å². The summed E-state index contributed by atoms with van der Waals surface area (Å²) in [4.78, 5) is 37.0. The van der Waals surface area contributed by atoms with Gasteiger partial charge in [-0.05, 0) is 54.1 Å². The summed E-state index contributed by atoms with van der Waals surface area (Å²) in [5.74, 6) is 0.884. The first-order valence-electron chi connectivity index (χ1n) is 12.4. The number of aliphatic carboxylic acids is 1. The van der Waals surface area contributed by atoms with Gasteiger partial charge in [-0.2, -0.15) is 0 Å². The fourth-order valence-corrected chi connectivity index (χ4v) is 4.92. The third-order valence-corrected chi connectivity index (χ3v) is 6.91. The Balaban J connectivity index is 1.37. The van der Waals surface area contributed by atoms with E-state index >= 15 is 0 Å². The number of hydrogen-bond acceptors (Lipinski definition) is 6. The van der Waals surface area contributed by atoms with Crippen LogP contribution in [-0.4, -0.2) is 47.2 Å². The number of halogens is 1. The SMILES string of the molecule is CCN1c2ncc(CCOc3ccc(CCC(=O)O)c4ccccc34)cc2C(=O)N(C)c2ccc(Cl)nc21. The zero-order valence-corrected chi connectivity index (χ0v) is 21.9. The van der Waals surface area contributed by atoms with Crippen LogP contribution in [-0.2, 0) is 17.6 Å². The molecule has 0 atom stereocenters. The summed E-state index contributed by atoms with van der Waals surface area (Å²) in [6.07, 6.45) is 2.85. The van der Waals surface area contributed by atoms with E-state index in [1.54, 1.807) is 30.3 Å². The summed E-state index contributed by atoms with van der Waals surface area (Å²) < 4.78 is 6.15. The number of amides is 1. The van der Waals surface area contributed by atoms with E-state index in [1.165, 1.54) is 0 Å². The normalized spacial score (nSPS) is 12.8. The lowest BCUT2D eigenvalue weighted by atomic mass is 10.00. The Labute approximate surface area is 225 Å². The number of rotatable bonds is 8. The molecule has 0 saturated carbocycles. The molecule has 1 aliphatic rings. The molecular formula is C29H27ClN4O4. The molecule has 194 valence electrons. The Kier molecular flexibility index (Phi) is 7.15. The average molecular weight is 531 g/mol. The van der Waals surface area contributed by atoms with Gasteiger partial charge in [-0.1, -0.05) is 41.9 Å². The highest BCUT2D eigenvalue weighted by Gasteiger charge is 2.31. The lowest BCUT2D eigenvalue weighted by molar-refractivity contribution is -0.136. The van der Waals surface area contributed by atoms with Gasteiger partial charge < -0.3 is 19.6 Å². The van der Waals surface area contributed by atoms with Crippen LogP contribution in [0.3, 0.4) is 0 Å². The summed E-state index contributed by atoms with van der Waals surface area (Å²) in [5.41, 5.74) is 3.02. The number of carbonyl (C=O) groups excluding carboxylic acids is 1. The van der Waals surface area contributed by atoms with Crippen LogP contribution in [0.4, 0.5) is 17.3 Å². The number of nitrogens with zero attached hydrogens (tertiary/aromatic N) is 4. The molecule has 0 bridgehead atoms. The van der Waals surface area contributed by atoms with Crippen molar-refractivity contribution in [3.8, 4) is 5.75 Å². The second-order valence-corrected chi connectivity index (χ2v) is 9.45. The van der Waals surface area contributed by atoms with Crippen LogP contribution in [0.25, 0.3) is 10.8 Å². The van der Waals surface area contributed by atoms with Gasteiger partial charge in [0.15, 0.2) is 5.82 Å². The highest BCUT2D eigenvalue weighted by molar-refractivity contribution is 6.29. The number of aromatic nitrogens is 2. The van der Waals surface area contributed by atoms with E-state index in [2.05, 4.69) is 9.97 Å². The minimum absolute atomic E-state index is 0.0765. The Hall–Kier alpha value is -4.17. The van der Waals surface area contributed by atoms with Crippen molar-refractivity contribution in [1.82, 2.24) is 9.97 Å². The molecule has 38 heavy (non-hydrogen) atoms. The second kappa shape index (κ2) is 10.7. The molecule has 0 saturated heterocycles. The number of carbonyl (C=O) groups is 2.